The molecule has 18 heavy (non-hydrogen) atoms. The van der Waals surface area contributed by atoms with Crippen molar-refractivity contribution in [1.82, 2.24) is 9.88 Å². The van der Waals surface area contributed by atoms with E-state index in [2.05, 4.69) is 16.8 Å². The van der Waals surface area contributed by atoms with Gasteiger partial charge in [-0.2, -0.15) is 0 Å². The van der Waals surface area contributed by atoms with E-state index in [1.54, 1.807) is 0 Å². The Kier molecular flexibility index (Phi) is 3.76. The zero-order valence-electron chi connectivity index (χ0n) is 11.1. The van der Waals surface area contributed by atoms with Gasteiger partial charge in [0.15, 0.2) is 0 Å². The average molecular weight is 250 g/mol. The first-order valence-electron chi connectivity index (χ1n) is 6.63. The molecule has 2 rings (SSSR count). The summed E-state index contributed by atoms with van der Waals surface area (Å²) in [4.78, 5) is 16.9. The van der Waals surface area contributed by atoms with Crippen molar-refractivity contribution in [2.45, 2.75) is 38.6 Å². The molecule has 1 aromatic heterocycles. The summed E-state index contributed by atoms with van der Waals surface area (Å²) in [5, 5.41) is 9.61. The summed E-state index contributed by atoms with van der Waals surface area (Å²) in [6.45, 7) is 5.80. The Morgan fingerprint density at radius 3 is 3.00 bits per heavy atom. The molecular weight excluding hydrogens is 228 g/mol. The second kappa shape index (κ2) is 5.14. The highest BCUT2D eigenvalue weighted by Crippen LogP contribution is 2.27. The van der Waals surface area contributed by atoms with Crippen LogP contribution in [0.25, 0.3) is 0 Å². The molecular formula is C14H22N2O2. The molecule has 0 aliphatic carbocycles. The van der Waals surface area contributed by atoms with Crippen molar-refractivity contribution >= 4 is 5.97 Å². The summed E-state index contributed by atoms with van der Waals surface area (Å²) in [6, 6.07) is 3.87. The summed E-state index contributed by atoms with van der Waals surface area (Å²) in [6.07, 6.45) is 4.67. The molecule has 4 nitrogen and oxygen atoms in total. The number of aliphatic carboxylic acids is 1. The van der Waals surface area contributed by atoms with Crippen LogP contribution < -0.4 is 0 Å². The largest absolute Gasteiger partial charge is 0.480 e. The lowest BCUT2D eigenvalue weighted by atomic mass is 9.89. The van der Waals surface area contributed by atoms with Crippen LogP contribution in [0.15, 0.2) is 18.3 Å². The van der Waals surface area contributed by atoms with Gasteiger partial charge in [-0.1, -0.05) is 6.92 Å². The summed E-state index contributed by atoms with van der Waals surface area (Å²) in [7, 11) is 0. The summed E-state index contributed by atoms with van der Waals surface area (Å²) in [5.41, 5.74) is 0.178. The third-order valence-corrected chi connectivity index (χ3v) is 4.01. The monoisotopic (exact) mass is 250 g/mol. The second-order valence-corrected chi connectivity index (χ2v) is 5.64. The molecule has 0 amide bonds. The fourth-order valence-electron chi connectivity index (χ4n) is 2.81. The van der Waals surface area contributed by atoms with Crippen molar-refractivity contribution in [2.24, 2.45) is 5.92 Å². The molecule has 0 spiro atoms. The van der Waals surface area contributed by atoms with E-state index in [0.717, 1.165) is 25.2 Å². The van der Waals surface area contributed by atoms with E-state index >= 15 is 0 Å². The fourth-order valence-corrected chi connectivity index (χ4v) is 2.81. The number of aromatic nitrogens is 1. The SMILES string of the molecule is CC1CCCN(C(C)(Cc2ccc[nH]2)C(=O)O)C1. The normalized spacial score (nSPS) is 24.7. The first-order chi connectivity index (χ1) is 8.52. The predicted octanol–water partition coefficient (Wildman–Crippen LogP) is 2.13. The second-order valence-electron chi connectivity index (χ2n) is 5.64. The quantitative estimate of drug-likeness (QED) is 0.860. The standard InChI is InChI=1S/C14H22N2O2/c1-11-5-4-8-16(10-11)14(2,13(17)18)9-12-6-3-7-15-12/h3,6-7,11,15H,4-5,8-10H2,1-2H3,(H,17,18). The fraction of sp³-hybridized carbons (Fsp3) is 0.643. The third-order valence-electron chi connectivity index (χ3n) is 4.01. The van der Waals surface area contributed by atoms with Gasteiger partial charge in [0.1, 0.15) is 5.54 Å². The number of aromatic amines is 1. The van der Waals surface area contributed by atoms with E-state index in [0.29, 0.717) is 12.3 Å². The number of carboxylic acids is 1. The Balaban J connectivity index is 2.17. The lowest BCUT2D eigenvalue weighted by molar-refractivity contribution is -0.151. The van der Waals surface area contributed by atoms with E-state index in [1.165, 1.54) is 6.42 Å². The zero-order chi connectivity index (χ0) is 13.2. The van der Waals surface area contributed by atoms with Crippen molar-refractivity contribution < 1.29 is 9.90 Å². The van der Waals surface area contributed by atoms with Gasteiger partial charge in [0.05, 0.1) is 0 Å². The maximum atomic E-state index is 11.7. The van der Waals surface area contributed by atoms with Crippen LogP contribution in [0.1, 0.15) is 32.4 Å². The molecule has 0 bridgehead atoms. The van der Waals surface area contributed by atoms with Gasteiger partial charge in [0, 0.05) is 24.9 Å². The van der Waals surface area contributed by atoms with Crippen LogP contribution >= 0.6 is 0 Å². The summed E-state index contributed by atoms with van der Waals surface area (Å²) < 4.78 is 0. The van der Waals surface area contributed by atoms with Gasteiger partial charge in [-0.15, -0.1) is 0 Å². The van der Waals surface area contributed by atoms with Crippen molar-refractivity contribution in [3.05, 3.63) is 24.0 Å². The Morgan fingerprint density at radius 1 is 1.67 bits per heavy atom. The number of likely N-dealkylation sites (tertiary alicyclic amines) is 1. The molecule has 2 unspecified atom stereocenters. The number of rotatable bonds is 4. The molecule has 0 aromatic carbocycles. The summed E-state index contributed by atoms with van der Waals surface area (Å²) in [5.74, 6) is -0.146. The van der Waals surface area contributed by atoms with E-state index in [4.69, 9.17) is 0 Å². The molecule has 2 atom stereocenters. The Labute approximate surface area is 108 Å². The smallest absolute Gasteiger partial charge is 0.324 e. The maximum absolute atomic E-state index is 11.7. The molecule has 1 aromatic rings. The molecule has 2 heterocycles. The van der Waals surface area contributed by atoms with Gasteiger partial charge < -0.3 is 10.1 Å². The van der Waals surface area contributed by atoms with Crippen LogP contribution in [0.2, 0.25) is 0 Å². The van der Waals surface area contributed by atoms with Gasteiger partial charge >= 0.3 is 5.97 Å². The van der Waals surface area contributed by atoms with Gasteiger partial charge in [0.25, 0.3) is 0 Å². The molecule has 1 aliphatic heterocycles. The third kappa shape index (κ3) is 2.58. The van der Waals surface area contributed by atoms with Crippen LogP contribution in [-0.2, 0) is 11.2 Å². The zero-order valence-corrected chi connectivity index (χ0v) is 11.1. The van der Waals surface area contributed by atoms with Gasteiger partial charge in [-0.05, 0) is 44.4 Å². The molecule has 100 valence electrons. The highest BCUT2D eigenvalue weighted by Gasteiger charge is 2.41. The van der Waals surface area contributed by atoms with E-state index < -0.39 is 11.5 Å². The number of H-pyrrole nitrogens is 1. The molecule has 4 heteroatoms. The van der Waals surface area contributed by atoms with Crippen LogP contribution in [0.3, 0.4) is 0 Å². The number of nitrogens with zero attached hydrogens (tertiary/aromatic N) is 1. The number of carbonyl (C=O) groups is 1. The van der Waals surface area contributed by atoms with Gasteiger partial charge in [0.2, 0.25) is 0 Å². The Hall–Kier alpha value is -1.29. The molecule has 1 saturated heterocycles. The minimum atomic E-state index is -0.806. The molecule has 0 radical (unpaired) electrons. The van der Waals surface area contributed by atoms with Crippen molar-refractivity contribution in [3.63, 3.8) is 0 Å². The maximum Gasteiger partial charge on any atom is 0.324 e. The van der Waals surface area contributed by atoms with E-state index in [-0.39, 0.29) is 0 Å². The lowest BCUT2D eigenvalue weighted by Gasteiger charge is -2.42. The van der Waals surface area contributed by atoms with Crippen molar-refractivity contribution in [1.29, 1.82) is 0 Å². The van der Waals surface area contributed by atoms with Crippen molar-refractivity contribution in [2.75, 3.05) is 13.1 Å². The van der Waals surface area contributed by atoms with Gasteiger partial charge in [-0.25, -0.2) is 0 Å². The Morgan fingerprint density at radius 2 is 2.44 bits per heavy atom. The van der Waals surface area contributed by atoms with Crippen LogP contribution in [0.5, 0.6) is 0 Å². The summed E-state index contributed by atoms with van der Waals surface area (Å²) >= 11 is 0. The average Bonchev–Trinajstić information content (AvgIpc) is 2.81. The topological polar surface area (TPSA) is 56.3 Å². The van der Waals surface area contributed by atoms with Crippen LogP contribution in [0, 0.1) is 5.92 Å². The number of piperidine rings is 1. The first kappa shape index (κ1) is 13.1. The van der Waals surface area contributed by atoms with E-state index in [9.17, 15) is 9.90 Å². The molecule has 0 saturated carbocycles. The Bertz CT molecular complexity index is 402. The molecule has 2 N–H and O–H groups in total. The lowest BCUT2D eigenvalue weighted by Crippen LogP contribution is -2.57. The highest BCUT2D eigenvalue weighted by atomic mass is 16.4. The number of hydrogen-bond donors (Lipinski definition) is 2. The predicted molar refractivity (Wildman–Crippen MR) is 70.5 cm³/mol. The van der Waals surface area contributed by atoms with Crippen LogP contribution in [0.4, 0.5) is 0 Å². The van der Waals surface area contributed by atoms with E-state index in [1.807, 2.05) is 25.3 Å². The van der Waals surface area contributed by atoms with Crippen molar-refractivity contribution in [3.8, 4) is 0 Å². The number of nitrogens with one attached hydrogen (secondary N) is 1. The minimum Gasteiger partial charge on any atom is -0.480 e. The number of carboxylic acid groups (broad SMARTS) is 1. The first-order valence-corrected chi connectivity index (χ1v) is 6.63. The minimum absolute atomic E-state index is 0.530. The molecule has 1 aliphatic rings. The number of hydrogen-bond acceptors (Lipinski definition) is 2. The van der Waals surface area contributed by atoms with Gasteiger partial charge in [-0.3, -0.25) is 9.69 Å². The highest BCUT2D eigenvalue weighted by molar-refractivity contribution is 5.78. The van der Waals surface area contributed by atoms with Crippen LogP contribution in [-0.4, -0.2) is 39.6 Å². The molecule has 1 fully saturated rings.